The van der Waals surface area contributed by atoms with Crippen molar-refractivity contribution in [3.63, 3.8) is 0 Å². The summed E-state index contributed by atoms with van der Waals surface area (Å²) in [5.74, 6) is 0.386. The predicted octanol–water partition coefficient (Wildman–Crippen LogP) is 2.70. The quantitative estimate of drug-likeness (QED) is 0.569. The van der Waals surface area contributed by atoms with Crippen molar-refractivity contribution < 1.29 is 9.59 Å². The Morgan fingerprint density at radius 1 is 1.00 bits per heavy atom. The molecule has 0 atom stereocenters. The van der Waals surface area contributed by atoms with Gasteiger partial charge in [0.05, 0.1) is 0 Å². The number of amides is 2. The molecule has 2 aromatic rings. The zero-order valence-corrected chi connectivity index (χ0v) is 17.7. The highest BCUT2D eigenvalue weighted by Crippen LogP contribution is 2.29. The van der Waals surface area contributed by atoms with Crippen LogP contribution in [0.15, 0.2) is 30.5 Å². The van der Waals surface area contributed by atoms with Crippen molar-refractivity contribution in [3.8, 4) is 0 Å². The largest absolute Gasteiger partial charge is 0.361 e. The SMILES string of the molecule is CN(C)CCCNC(=O)C1CCC(C(=O)NCCc2c[nH]c3ccccc23)CC1. The molecule has 6 nitrogen and oxygen atoms in total. The molecule has 0 unspecified atom stereocenters. The Kier molecular flexibility index (Phi) is 7.69. The first-order valence-corrected chi connectivity index (χ1v) is 10.8. The average Bonchev–Trinajstić information content (AvgIpc) is 3.14. The molecule has 3 rings (SSSR count). The zero-order chi connectivity index (χ0) is 20.6. The molecular formula is C23H34N4O2. The van der Waals surface area contributed by atoms with Gasteiger partial charge in [0.1, 0.15) is 0 Å². The number of hydrogen-bond donors (Lipinski definition) is 3. The fourth-order valence-corrected chi connectivity index (χ4v) is 4.17. The topological polar surface area (TPSA) is 77.2 Å². The van der Waals surface area contributed by atoms with Crippen molar-refractivity contribution in [1.29, 1.82) is 0 Å². The lowest BCUT2D eigenvalue weighted by Gasteiger charge is -2.27. The van der Waals surface area contributed by atoms with Crippen molar-refractivity contribution in [2.24, 2.45) is 11.8 Å². The second-order valence-electron chi connectivity index (χ2n) is 8.40. The molecule has 1 aliphatic carbocycles. The van der Waals surface area contributed by atoms with Crippen molar-refractivity contribution >= 4 is 22.7 Å². The summed E-state index contributed by atoms with van der Waals surface area (Å²) in [4.78, 5) is 30.2. The van der Waals surface area contributed by atoms with E-state index >= 15 is 0 Å². The van der Waals surface area contributed by atoms with E-state index < -0.39 is 0 Å². The van der Waals surface area contributed by atoms with Crippen LogP contribution in [-0.2, 0) is 16.0 Å². The second kappa shape index (κ2) is 10.4. The smallest absolute Gasteiger partial charge is 0.223 e. The third-order valence-corrected chi connectivity index (χ3v) is 5.92. The summed E-state index contributed by atoms with van der Waals surface area (Å²) in [6.45, 7) is 2.35. The van der Waals surface area contributed by atoms with Gasteiger partial charge >= 0.3 is 0 Å². The Balaban J connectivity index is 1.35. The van der Waals surface area contributed by atoms with Gasteiger partial charge in [-0.25, -0.2) is 0 Å². The summed E-state index contributed by atoms with van der Waals surface area (Å²) < 4.78 is 0. The molecule has 0 spiro atoms. The minimum atomic E-state index is 0.0377. The standard InChI is InChI=1S/C23H34N4O2/c1-27(2)15-5-13-24-22(28)17-8-10-18(11-9-17)23(29)25-14-12-19-16-26-21-7-4-3-6-20(19)21/h3-4,6-7,16-18,26H,5,8-15H2,1-2H3,(H,24,28)(H,25,29). The van der Waals surface area contributed by atoms with Crippen molar-refractivity contribution in [2.45, 2.75) is 38.5 Å². The first kappa shape index (κ1) is 21.4. The van der Waals surface area contributed by atoms with E-state index in [4.69, 9.17) is 0 Å². The molecule has 1 heterocycles. The lowest BCUT2D eigenvalue weighted by molar-refractivity contribution is -0.130. The van der Waals surface area contributed by atoms with E-state index in [-0.39, 0.29) is 23.7 Å². The fraction of sp³-hybridized carbons (Fsp3) is 0.565. The molecule has 2 amide bonds. The lowest BCUT2D eigenvalue weighted by Crippen LogP contribution is -2.38. The molecule has 1 saturated carbocycles. The van der Waals surface area contributed by atoms with Crippen LogP contribution in [0.4, 0.5) is 0 Å². The van der Waals surface area contributed by atoms with Gasteiger partial charge in [0.2, 0.25) is 11.8 Å². The lowest BCUT2D eigenvalue weighted by atomic mass is 9.81. The van der Waals surface area contributed by atoms with E-state index in [0.717, 1.165) is 57.1 Å². The van der Waals surface area contributed by atoms with Crippen LogP contribution in [0.5, 0.6) is 0 Å². The summed E-state index contributed by atoms with van der Waals surface area (Å²) in [7, 11) is 4.07. The number of H-pyrrole nitrogens is 1. The van der Waals surface area contributed by atoms with Gasteiger partial charge in [-0.3, -0.25) is 9.59 Å². The van der Waals surface area contributed by atoms with Crippen molar-refractivity contribution in [3.05, 3.63) is 36.0 Å². The average molecular weight is 399 g/mol. The number of rotatable bonds is 9. The van der Waals surface area contributed by atoms with Crippen LogP contribution in [0, 0.1) is 11.8 Å². The minimum Gasteiger partial charge on any atom is -0.361 e. The highest BCUT2D eigenvalue weighted by atomic mass is 16.2. The number of nitrogens with zero attached hydrogens (tertiary/aromatic N) is 1. The molecule has 158 valence electrons. The van der Waals surface area contributed by atoms with E-state index in [1.807, 2.05) is 32.4 Å². The fourth-order valence-electron chi connectivity index (χ4n) is 4.17. The molecule has 0 aliphatic heterocycles. The zero-order valence-electron chi connectivity index (χ0n) is 17.7. The summed E-state index contributed by atoms with van der Waals surface area (Å²) in [5.41, 5.74) is 2.36. The Morgan fingerprint density at radius 2 is 1.62 bits per heavy atom. The maximum Gasteiger partial charge on any atom is 0.223 e. The molecular weight excluding hydrogens is 364 g/mol. The maximum absolute atomic E-state index is 12.5. The number of benzene rings is 1. The number of aromatic nitrogens is 1. The number of fused-ring (bicyclic) bond motifs is 1. The number of aromatic amines is 1. The summed E-state index contributed by atoms with van der Waals surface area (Å²) >= 11 is 0. The Bertz CT molecular complexity index is 806. The van der Waals surface area contributed by atoms with E-state index in [1.54, 1.807) is 0 Å². The van der Waals surface area contributed by atoms with Crippen LogP contribution >= 0.6 is 0 Å². The van der Waals surface area contributed by atoms with Crippen LogP contribution in [0.2, 0.25) is 0 Å². The summed E-state index contributed by atoms with van der Waals surface area (Å²) in [5, 5.41) is 7.36. The number of carbonyl (C=O) groups is 2. The molecule has 0 radical (unpaired) electrons. The van der Waals surface area contributed by atoms with Gasteiger partial charge in [0, 0.05) is 42.0 Å². The van der Waals surface area contributed by atoms with Crippen LogP contribution in [0.25, 0.3) is 10.9 Å². The van der Waals surface area contributed by atoms with Gasteiger partial charge in [-0.2, -0.15) is 0 Å². The van der Waals surface area contributed by atoms with Crippen LogP contribution in [-0.4, -0.2) is 55.4 Å². The molecule has 0 bridgehead atoms. The van der Waals surface area contributed by atoms with Gasteiger partial charge < -0.3 is 20.5 Å². The van der Waals surface area contributed by atoms with Crippen LogP contribution < -0.4 is 10.6 Å². The molecule has 0 saturated heterocycles. The van der Waals surface area contributed by atoms with Crippen molar-refractivity contribution in [1.82, 2.24) is 20.5 Å². The highest BCUT2D eigenvalue weighted by Gasteiger charge is 2.29. The molecule has 1 aromatic carbocycles. The Morgan fingerprint density at radius 3 is 2.28 bits per heavy atom. The number of nitrogens with one attached hydrogen (secondary N) is 3. The third kappa shape index (κ3) is 6.07. The Labute approximate surface area is 173 Å². The van der Waals surface area contributed by atoms with Crippen LogP contribution in [0.3, 0.4) is 0 Å². The van der Waals surface area contributed by atoms with E-state index in [1.165, 1.54) is 10.9 Å². The molecule has 1 aliphatic rings. The predicted molar refractivity (Wildman–Crippen MR) is 117 cm³/mol. The first-order valence-electron chi connectivity index (χ1n) is 10.8. The molecule has 3 N–H and O–H groups in total. The monoisotopic (exact) mass is 398 g/mol. The number of carbonyl (C=O) groups excluding carboxylic acids is 2. The minimum absolute atomic E-state index is 0.0377. The second-order valence-corrected chi connectivity index (χ2v) is 8.40. The molecule has 1 fully saturated rings. The third-order valence-electron chi connectivity index (χ3n) is 5.92. The number of para-hydroxylation sites is 1. The van der Waals surface area contributed by atoms with Crippen LogP contribution in [0.1, 0.15) is 37.7 Å². The Hall–Kier alpha value is -2.34. The van der Waals surface area contributed by atoms with Gasteiger partial charge in [-0.1, -0.05) is 18.2 Å². The van der Waals surface area contributed by atoms with Gasteiger partial charge in [-0.05, 0) is 70.8 Å². The van der Waals surface area contributed by atoms with E-state index in [0.29, 0.717) is 6.54 Å². The van der Waals surface area contributed by atoms with Crippen molar-refractivity contribution in [2.75, 3.05) is 33.7 Å². The van der Waals surface area contributed by atoms with E-state index in [9.17, 15) is 9.59 Å². The first-order chi connectivity index (χ1) is 14.0. The molecule has 29 heavy (non-hydrogen) atoms. The number of hydrogen-bond acceptors (Lipinski definition) is 3. The highest BCUT2D eigenvalue weighted by molar-refractivity contribution is 5.83. The van der Waals surface area contributed by atoms with E-state index in [2.05, 4.69) is 32.7 Å². The molecule has 6 heteroatoms. The van der Waals surface area contributed by atoms with Gasteiger partial charge in [0.15, 0.2) is 0 Å². The summed E-state index contributed by atoms with van der Waals surface area (Å²) in [6.07, 6.45) is 7.02. The molecule has 1 aromatic heterocycles. The van der Waals surface area contributed by atoms with Gasteiger partial charge in [0.25, 0.3) is 0 Å². The van der Waals surface area contributed by atoms with Gasteiger partial charge in [-0.15, -0.1) is 0 Å². The maximum atomic E-state index is 12.5. The normalized spacial score (nSPS) is 19.4. The summed E-state index contributed by atoms with van der Waals surface area (Å²) in [6, 6.07) is 8.23.